The first-order valence-corrected chi connectivity index (χ1v) is 13.8. The molecule has 0 unspecified atom stereocenters. The number of pyridine rings is 1. The van der Waals surface area contributed by atoms with Crippen LogP contribution in [0.1, 0.15) is 38.7 Å². The molecular formula is C28H32N6O3S. The van der Waals surface area contributed by atoms with Crippen molar-refractivity contribution in [3.63, 3.8) is 0 Å². The maximum Gasteiger partial charge on any atom is 0.323 e. The first-order valence-electron chi connectivity index (χ1n) is 13.0. The van der Waals surface area contributed by atoms with E-state index in [-0.39, 0.29) is 17.0 Å². The van der Waals surface area contributed by atoms with Gasteiger partial charge < -0.3 is 14.4 Å². The summed E-state index contributed by atoms with van der Waals surface area (Å²) < 4.78 is 13.9. The molecule has 6 rings (SSSR count). The van der Waals surface area contributed by atoms with Gasteiger partial charge in [-0.1, -0.05) is 41.7 Å². The Kier molecular flexibility index (Phi) is 6.31. The molecule has 2 aliphatic rings. The minimum atomic E-state index is -0.330. The van der Waals surface area contributed by atoms with Gasteiger partial charge in [0.15, 0.2) is 5.13 Å². The molecule has 198 valence electrons. The van der Waals surface area contributed by atoms with Crippen molar-refractivity contribution in [3.8, 4) is 17.0 Å². The van der Waals surface area contributed by atoms with Gasteiger partial charge in [0.05, 0.1) is 23.5 Å². The van der Waals surface area contributed by atoms with Crippen LogP contribution in [0.15, 0.2) is 48.9 Å². The van der Waals surface area contributed by atoms with Gasteiger partial charge in [0.25, 0.3) is 0 Å². The van der Waals surface area contributed by atoms with Gasteiger partial charge in [-0.25, -0.2) is 14.8 Å². The van der Waals surface area contributed by atoms with Gasteiger partial charge in [-0.15, -0.1) is 0 Å². The molecule has 3 aromatic heterocycles. The highest BCUT2D eigenvalue weighted by molar-refractivity contribution is 7.23. The fourth-order valence-electron chi connectivity index (χ4n) is 5.54. The number of likely N-dealkylation sites (tertiary alicyclic amines) is 1. The van der Waals surface area contributed by atoms with Crippen molar-refractivity contribution >= 4 is 32.7 Å². The maximum atomic E-state index is 13.2. The van der Waals surface area contributed by atoms with E-state index in [0.717, 1.165) is 61.4 Å². The van der Waals surface area contributed by atoms with Crippen molar-refractivity contribution < 1.29 is 14.3 Å². The average molecular weight is 533 g/mol. The van der Waals surface area contributed by atoms with Gasteiger partial charge in [0.2, 0.25) is 5.88 Å². The first kappa shape index (κ1) is 24.8. The molecule has 1 aromatic carbocycles. The standard InChI is InChI=1S/C28H32N6O3S/c1-27(2,20-7-5-4-6-8-20)34-17-19(15-30-34)21-16-29-24(36-3)22-23(21)38-25(31-22)32-26(35)33-12-9-28(18-33)10-13-37-14-11-28/h4-8,15-17H,9-14,18H2,1-3H3,(H,31,32,35). The minimum Gasteiger partial charge on any atom is -0.479 e. The van der Waals surface area contributed by atoms with Gasteiger partial charge in [-0.2, -0.15) is 5.10 Å². The van der Waals surface area contributed by atoms with Crippen LogP contribution in [0.25, 0.3) is 21.3 Å². The number of benzene rings is 1. The molecule has 0 bridgehead atoms. The molecule has 2 fully saturated rings. The fraction of sp³-hybridized carbons (Fsp3) is 0.429. The summed E-state index contributed by atoms with van der Waals surface area (Å²) in [5.74, 6) is 0.430. The Morgan fingerprint density at radius 1 is 1.16 bits per heavy atom. The zero-order valence-electron chi connectivity index (χ0n) is 21.9. The SMILES string of the molecule is COc1ncc(-c2cnn(C(C)(C)c3ccccc3)c2)c2sc(NC(=O)N3CCC4(CCOCC4)C3)nc12. The smallest absolute Gasteiger partial charge is 0.323 e. The van der Waals surface area contributed by atoms with E-state index in [2.05, 4.69) is 36.3 Å². The van der Waals surface area contributed by atoms with Crippen LogP contribution in [0.3, 0.4) is 0 Å². The lowest BCUT2D eigenvalue weighted by molar-refractivity contribution is 0.0211. The molecule has 1 spiro atoms. The molecule has 2 saturated heterocycles. The molecule has 38 heavy (non-hydrogen) atoms. The molecule has 0 aliphatic carbocycles. The average Bonchev–Trinajstić information content (AvgIpc) is 3.68. The van der Waals surface area contributed by atoms with Crippen LogP contribution in [-0.2, 0) is 10.3 Å². The van der Waals surface area contributed by atoms with Gasteiger partial charge in [0.1, 0.15) is 5.52 Å². The van der Waals surface area contributed by atoms with E-state index in [1.54, 1.807) is 13.3 Å². The molecule has 0 radical (unpaired) electrons. The minimum absolute atomic E-state index is 0.113. The fourth-order valence-corrected chi connectivity index (χ4v) is 6.52. The number of rotatable bonds is 5. The Morgan fingerprint density at radius 3 is 2.71 bits per heavy atom. The highest BCUT2D eigenvalue weighted by Crippen LogP contribution is 2.41. The molecule has 9 nitrogen and oxygen atoms in total. The molecule has 0 atom stereocenters. The molecule has 5 heterocycles. The summed E-state index contributed by atoms with van der Waals surface area (Å²) in [6, 6.07) is 10.2. The van der Waals surface area contributed by atoms with E-state index >= 15 is 0 Å². The number of nitrogens with zero attached hydrogens (tertiary/aromatic N) is 5. The van der Waals surface area contributed by atoms with Crippen LogP contribution < -0.4 is 10.1 Å². The third kappa shape index (κ3) is 4.41. The largest absolute Gasteiger partial charge is 0.479 e. The predicted molar refractivity (Wildman–Crippen MR) is 148 cm³/mol. The highest BCUT2D eigenvalue weighted by Gasteiger charge is 2.41. The molecule has 0 saturated carbocycles. The van der Waals surface area contributed by atoms with E-state index in [0.29, 0.717) is 16.5 Å². The number of carbonyl (C=O) groups is 1. The molecule has 4 aromatic rings. The Bertz CT molecular complexity index is 1460. The Morgan fingerprint density at radius 2 is 1.95 bits per heavy atom. The highest BCUT2D eigenvalue weighted by atomic mass is 32.1. The number of nitrogens with one attached hydrogen (secondary N) is 1. The van der Waals surface area contributed by atoms with E-state index in [9.17, 15) is 4.79 Å². The Balaban J connectivity index is 1.27. The predicted octanol–water partition coefficient (Wildman–Crippen LogP) is 5.38. The summed E-state index contributed by atoms with van der Waals surface area (Å²) in [6.07, 6.45) is 8.72. The van der Waals surface area contributed by atoms with Crippen molar-refractivity contribution in [2.75, 3.05) is 38.7 Å². The van der Waals surface area contributed by atoms with Crippen LogP contribution in [0.5, 0.6) is 5.88 Å². The summed E-state index contributed by atoms with van der Waals surface area (Å²) in [7, 11) is 1.58. The number of hydrogen-bond donors (Lipinski definition) is 1. The van der Waals surface area contributed by atoms with Crippen LogP contribution >= 0.6 is 11.3 Å². The second kappa shape index (κ2) is 9.67. The molecule has 1 N–H and O–H groups in total. The van der Waals surface area contributed by atoms with Gasteiger partial charge in [0, 0.05) is 49.8 Å². The van der Waals surface area contributed by atoms with Crippen LogP contribution in [0, 0.1) is 5.41 Å². The van der Waals surface area contributed by atoms with Crippen LogP contribution in [0.4, 0.5) is 9.93 Å². The van der Waals surface area contributed by atoms with Crippen LogP contribution in [0.2, 0.25) is 0 Å². The van der Waals surface area contributed by atoms with Gasteiger partial charge in [-0.05, 0) is 44.1 Å². The maximum absolute atomic E-state index is 13.2. The number of anilines is 1. The normalized spacial score (nSPS) is 17.3. The lowest BCUT2D eigenvalue weighted by Gasteiger charge is -2.33. The zero-order chi connectivity index (χ0) is 26.3. The van der Waals surface area contributed by atoms with Crippen molar-refractivity contribution in [1.82, 2.24) is 24.6 Å². The van der Waals surface area contributed by atoms with E-state index in [1.165, 1.54) is 16.9 Å². The number of hydrogen-bond acceptors (Lipinski definition) is 7. The van der Waals surface area contributed by atoms with E-state index in [4.69, 9.17) is 19.6 Å². The summed E-state index contributed by atoms with van der Waals surface area (Å²) in [6.45, 7) is 7.36. The summed E-state index contributed by atoms with van der Waals surface area (Å²) >= 11 is 1.43. The van der Waals surface area contributed by atoms with Gasteiger partial charge >= 0.3 is 6.03 Å². The van der Waals surface area contributed by atoms with Crippen molar-refractivity contribution in [2.24, 2.45) is 5.41 Å². The molecule has 10 heteroatoms. The summed E-state index contributed by atoms with van der Waals surface area (Å²) in [4.78, 5) is 24.3. The number of aromatic nitrogens is 4. The van der Waals surface area contributed by atoms with Crippen molar-refractivity contribution in [3.05, 3.63) is 54.5 Å². The Labute approximate surface area is 225 Å². The number of fused-ring (bicyclic) bond motifs is 1. The zero-order valence-corrected chi connectivity index (χ0v) is 22.8. The number of thiazole rings is 1. The quantitative estimate of drug-likeness (QED) is 0.371. The lowest BCUT2D eigenvalue weighted by atomic mass is 9.80. The second-order valence-corrected chi connectivity index (χ2v) is 11.7. The van der Waals surface area contributed by atoms with Gasteiger partial charge in [-0.3, -0.25) is 10.00 Å². The van der Waals surface area contributed by atoms with E-state index < -0.39 is 0 Å². The van der Waals surface area contributed by atoms with Crippen LogP contribution in [-0.4, -0.2) is 64.1 Å². The summed E-state index contributed by atoms with van der Waals surface area (Å²) in [5, 5.41) is 8.26. The molecule has 2 amide bonds. The molecule has 2 aliphatic heterocycles. The number of amides is 2. The van der Waals surface area contributed by atoms with Crippen molar-refractivity contribution in [2.45, 2.75) is 38.6 Å². The lowest BCUT2D eigenvalue weighted by Crippen LogP contribution is -2.37. The monoisotopic (exact) mass is 532 g/mol. The third-order valence-electron chi connectivity index (χ3n) is 8.02. The molecular weight excluding hydrogens is 500 g/mol. The third-order valence-corrected chi connectivity index (χ3v) is 9.02. The Hall–Kier alpha value is -3.50. The first-order chi connectivity index (χ1) is 18.4. The number of urea groups is 1. The number of ether oxygens (including phenoxy) is 2. The number of methoxy groups -OCH3 is 1. The number of carbonyl (C=O) groups excluding carboxylic acids is 1. The summed E-state index contributed by atoms with van der Waals surface area (Å²) in [5.41, 5.74) is 3.48. The second-order valence-electron chi connectivity index (χ2n) is 10.7. The van der Waals surface area contributed by atoms with E-state index in [1.807, 2.05) is 40.2 Å². The topological polar surface area (TPSA) is 94.4 Å². The van der Waals surface area contributed by atoms with Crippen molar-refractivity contribution in [1.29, 1.82) is 0 Å².